The lowest BCUT2D eigenvalue weighted by Gasteiger charge is -2.03. The molecule has 3 aromatic rings. The summed E-state index contributed by atoms with van der Waals surface area (Å²) in [6, 6.07) is 23.2. The monoisotopic (exact) mass is 346 g/mol. The van der Waals surface area contributed by atoms with Gasteiger partial charge in [-0.3, -0.25) is 0 Å². The molecule has 0 heteroatoms. The molecule has 0 atom stereocenters. The Morgan fingerprint density at radius 2 is 1.07 bits per heavy atom. The van der Waals surface area contributed by atoms with Gasteiger partial charge in [-0.05, 0) is 80.6 Å². The van der Waals surface area contributed by atoms with Crippen molar-refractivity contribution < 1.29 is 0 Å². The molecule has 0 saturated heterocycles. The zero-order chi connectivity index (χ0) is 18.6. The van der Waals surface area contributed by atoms with Crippen molar-refractivity contribution in [2.24, 2.45) is 0 Å². The van der Waals surface area contributed by atoms with Gasteiger partial charge in [0.05, 0.1) is 0 Å². The summed E-state index contributed by atoms with van der Waals surface area (Å²) in [7, 11) is 0. The molecule has 0 radical (unpaired) electrons. The van der Waals surface area contributed by atoms with E-state index in [-0.39, 0.29) is 0 Å². The minimum Gasteiger partial charge on any atom is -0.0617 e. The number of aryl methyl sites for hydroxylation is 2. The molecule has 1 fully saturated rings. The lowest BCUT2D eigenvalue weighted by atomic mass is 10.00. The highest BCUT2D eigenvalue weighted by atomic mass is 14.3. The molecule has 0 spiro atoms. The fourth-order valence-corrected chi connectivity index (χ4v) is 3.04. The van der Waals surface area contributed by atoms with Gasteiger partial charge in [0.2, 0.25) is 0 Å². The maximum Gasteiger partial charge on any atom is 0.0284 e. The number of hydrogen-bond acceptors (Lipinski definition) is 0. The van der Waals surface area contributed by atoms with Gasteiger partial charge < -0.3 is 0 Å². The molecule has 0 heterocycles. The van der Waals surface area contributed by atoms with Gasteiger partial charge in [-0.1, -0.05) is 59.1 Å². The third-order valence-electron chi connectivity index (χ3n) is 4.86. The van der Waals surface area contributed by atoms with Crippen LogP contribution in [0.4, 0.5) is 0 Å². The molecular formula is C27H22. The van der Waals surface area contributed by atoms with E-state index in [9.17, 15) is 0 Å². The van der Waals surface area contributed by atoms with Crippen LogP contribution < -0.4 is 0 Å². The topological polar surface area (TPSA) is 0 Å². The molecule has 1 aliphatic rings. The molecule has 0 aromatic heterocycles. The maximum atomic E-state index is 3.38. The average molecular weight is 346 g/mol. The zero-order valence-corrected chi connectivity index (χ0v) is 15.8. The van der Waals surface area contributed by atoms with Gasteiger partial charge in [0.25, 0.3) is 0 Å². The SMILES string of the molecule is Cc1ccc(C#Cc2ccc(C#Cc3ccc(C)cc3)c(C3CC3)c2)cc1. The van der Waals surface area contributed by atoms with Crippen LogP contribution in [0.3, 0.4) is 0 Å². The van der Waals surface area contributed by atoms with Crippen molar-refractivity contribution in [3.63, 3.8) is 0 Å². The summed E-state index contributed by atoms with van der Waals surface area (Å²) >= 11 is 0. The molecule has 0 unspecified atom stereocenters. The van der Waals surface area contributed by atoms with E-state index in [0.29, 0.717) is 5.92 Å². The van der Waals surface area contributed by atoms with Crippen LogP contribution in [0, 0.1) is 37.5 Å². The lowest BCUT2D eigenvalue weighted by molar-refractivity contribution is 1.12. The lowest BCUT2D eigenvalue weighted by Crippen LogP contribution is -1.89. The third-order valence-corrected chi connectivity index (χ3v) is 4.86. The van der Waals surface area contributed by atoms with Crippen molar-refractivity contribution in [3.8, 4) is 23.7 Å². The summed E-state index contributed by atoms with van der Waals surface area (Å²) in [4.78, 5) is 0. The van der Waals surface area contributed by atoms with E-state index >= 15 is 0 Å². The van der Waals surface area contributed by atoms with Gasteiger partial charge in [0.15, 0.2) is 0 Å². The van der Waals surface area contributed by atoms with Crippen LogP contribution in [0.5, 0.6) is 0 Å². The Hall–Kier alpha value is -3.22. The van der Waals surface area contributed by atoms with Crippen molar-refractivity contribution in [3.05, 3.63) is 106 Å². The Bertz CT molecular complexity index is 1070. The first-order chi connectivity index (χ1) is 13.2. The van der Waals surface area contributed by atoms with E-state index in [0.717, 1.165) is 22.3 Å². The van der Waals surface area contributed by atoms with Crippen molar-refractivity contribution in [1.82, 2.24) is 0 Å². The standard InChI is InChI=1S/C27H22/c1-20-3-7-22(8-4-20)11-12-24-14-16-25(27(19-24)26-17-18-26)15-13-23-9-5-21(2)6-10-23/h3-10,14,16,19,26H,17-18H2,1-2H3. The van der Waals surface area contributed by atoms with Gasteiger partial charge in [-0.2, -0.15) is 0 Å². The molecule has 1 aliphatic carbocycles. The first-order valence-electron chi connectivity index (χ1n) is 9.49. The van der Waals surface area contributed by atoms with E-state index in [4.69, 9.17) is 0 Å². The van der Waals surface area contributed by atoms with Crippen LogP contribution >= 0.6 is 0 Å². The van der Waals surface area contributed by atoms with Crippen molar-refractivity contribution >= 4 is 0 Å². The summed E-state index contributed by atoms with van der Waals surface area (Å²) in [5, 5.41) is 0. The van der Waals surface area contributed by atoms with E-state index in [1.54, 1.807) is 0 Å². The van der Waals surface area contributed by atoms with Gasteiger partial charge >= 0.3 is 0 Å². The first kappa shape index (κ1) is 17.2. The minimum absolute atomic E-state index is 0.647. The molecule has 27 heavy (non-hydrogen) atoms. The number of hydrogen-bond donors (Lipinski definition) is 0. The van der Waals surface area contributed by atoms with Gasteiger partial charge in [0, 0.05) is 22.3 Å². The Labute approximate surface area is 162 Å². The highest BCUT2D eigenvalue weighted by Gasteiger charge is 2.25. The summed E-state index contributed by atoms with van der Waals surface area (Å²) in [5.74, 6) is 13.9. The fourth-order valence-electron chi connectivity index (χ4n) is 3.04. The molecule has 1 saturated carbocycles. The fraction of sp³-hybridized carbons (Fsp3) is 0.185. The minimum atomic E-state index is 0.647. The zero-order valence-electron chi connectivity index (χ0n) is 15.8. The van der Waals surface area contributed by atoms with E-state index in [1.165, 1.54) is 29.5 Å². The smallest absolute Gasteiger partial charge is 0.0284 e. The molecule has 0 aliphatic heterocycles. The molecule has 0 amide bonds. The average Bonchev–Trinajstić information content (AvgIpc) is 3.53. The number of rotatable bonds is 1. The molecule has 0 bridgehead atoms. The molecule has 4 rings (SSSR count). The Morgan fingerprint density at radius 1 is 0.593 bits per heavy atom. The van der Waals surface area contributed by atoms with Crippen LogP contribution in [0.2, 0.25) is 0 Å². The van der Waals surface area contributed by atoms with Crippen molar-refractivity contribution in [2.45, 2.75) is 32.6 Å². The van der Waals surface area contributed by atoms with Crippen LogP contribution in [0.25, 0.3) is 0 Å². The van der Waals surface area contributed by atoms with Gasteiger partial charge in [-0.15, -0.1) is 0 Å². The Kier molecular flexibility index (Phi) is 4.82. The molecule has 130 valence electrons. The first-order valence-corrected chi connectivity index (χ1v) is 9.49. The summed E-state index contributed by atoms with van der Waals surface area (Å²) in [5.41, 5.74) is 8.19. The van der Waals surface area contributed by atoms with E-state index in [1.807, 2.05) is 0 Å². The molecular weight excluding hydrogens is 324 g/mol. The van der Waals surface area contributed by atoms with Crippen LogP contribution in [-0.2, 0) is 0 Å². The van der Waals surface area contributed by atoms with Crippen LogP contribution in [0.1, 0.15) is 57.7 Å². The summed E-state index contributed by atoms with van der Waals surface area (Å²) < 4.78 is 0. The summed E-state index contributed by atoms with van der Waals surface area (Å²) in [6.07, 6.45) is 2.52. The quantitative estimate of drug-likeness (QED) is 0.475. The highest BCUT2D eigenvalue weighted by Crippen LogP contribution is 2.41. The largest absolute Gasteiger partial charge is 0.0617 e. The second-order valence-corrected chi connectivity index (χ2v) is 7.31. The van der Waals surface area contributed by atoms with Crippen molar-refractivity contribution in [1.29, 1.82) is 0 Å². The third kappa shape index (κ3) is 4.49. The molecule has 0 N–H and O–H groups in total. The predicted molar refractivity (Wildman–Crippen MR) is 113 cm³/mol. The van der Waals surface area contributed by atoms with Crippen molar-refractivity contribution in [2.75, 3.05) is 0 Å². The van der Waals surface area contributed by atoms with Crippen LogP contribution in [0.15, 0.2) is 66.7 Å². The number of benzene rings is 3. The normalized spacial score (nSPS) is 12.5. The van der Waals surface area contributed by atoms with Gasteiger partial charge in [0.1, 0.15) is 0 Å². The van der Waals surface area contributed by atoms with E-state index < -0.39 is 0 Å². The summed E-state index contributed by atoms with van der Waals surface area (Å²) in [6.45, 7) is 4.19. The van der Waals surface area contributed by atoms with Gasteiger partial charge in [-0.25, -0.2) is 0 Å². The highest BCUT2D eigenvalue weighted by molar-refractivity contribution is 5.53. The predicted octanol–water partition coefficient (Wildman–Crippen LogP) is 5.98. The van der Waals surface area contributed by atoms with E-state index in [2.05, 4.69) is 104 Å². The molecule has 3 aromatic carbocycles. The Morgan fingerprint density at radius 3 is 1.63 bits per heavy atom. The maximum absolute atomic E-state index is 3.38. The second kappa shape index (κ2) is 7.57. The Balaban J connectivity index is 1.61. The van der Waals surface area contributed by atoms with Crippen LogP contribution in [-0.4, -0.2) is 0 Å². The second-order valence-electron chi connectivity index (χ2n) is 7.31. The molecule has 0 nitrogen and oxygen atoms in total.